The van der Waals surface area contributed by atoms with Crippen LogP contribution in [0.25, 0.3) is 0 Å². The highest BCUT2D eigenvalue weighted by Crippen LogP contribution is 2.65. The summed E-state index contributed by atoms with van der Waals surface area (Å²) in [6.45, 7) is 9.20. The molecule has 0 nitrogen and oxygen atoms in total. The Hall–Kier alpha value is 0. The lowest BCUT2D eigenvalue weighted by atomic mass is 9.71. The SMILES string of the molecule is [CH2][C@]12CC[C@H](CC1)C2(C)C. The van der Waals surface area contributed by atoms with E-state index in [1.54, 1.807) is 0 Å². The molecule has 2 aliphatic carbocycles. The highest BCUT2D eigenvalue weighted by Gasteiger charge is 2.55. The molecule has 1 radical (unpaired) electrons. The molecule has 2 saturated carbocycles. The van der Waals surface area contributed by atoms with Gasteiger partial charge in [-0.05, 0) is 49.4 Å². The van der Waals surface area contributed by atoms with Crippen molar-refractivity contribution in [3.63, 3.8) is 0 Å². The van der Waals surface area contributed by atoms with Gasteiger partial charge >= 0.3 is 0 Å². The van der Waals surface area contributed by atoms with Crippen molar-refractivity contribution in [2.24, 2.45) is 16.7 Å². The molecular formula is C10H17. The van der Waals surface area contributed by atoms with Crippen molar-refractivity contribution in [1.82, 2.24) is 0 Å². The van der Waals surface area contributed by atoms with Crippen molar-refractivity contribution in [1.29, 1.82) is 0 Å². The second-order valence-electron chi connectivity index (χ2n) is 4.78. The van der Waals surface area contributed by atoms with Gasteiger partial charge in [-0.1, -0.05) is 13.8 Å². The van der Waals surface area contributed by atoms with Gasteiger partial charge in [-0.25, -0.2) is 0 Å². The normalized spacial score (nSPS) is 50.1. The van der Waals surface area contributed by atoms with Crippen LogP contribution in [0.1, 0.15) is 39.5 Å². The van der Waals surface area contributed by atoms with Gasteiger partial charge in [0.2, 0.25) is 0 Å². The van der Waals surface area contributed by atoms with E-state index < -0.39 is 0 Å². The predicted molar refractivity (Wildman–Crippen MR) is 43.5 cm³/mol. The van der Waals surface area contributed by atoms with Gasteiger partial charge in [0, 0.05) is 0 Å². The summed E-state index contributed by atoms with van der Waals surface area (Å²) in [4.78, 5) is 0. The smallest absolute Gasteiger partial charge is 0.0243 e. The number of hydrogen-bond donors (Lipinski definition) is 0. The summed E-state index contributed by atoms with van der Waals surface area (Å²) < 4.78 is 0. The minimum atomic E-state index is 0.456. The Balaban J connectivity index is 2.37. The van der Waals surface area contributed by atoms with E-state index in [0.717, 1.165) is 5.92 Å². The van der Waals surface area contributed by atoms with E-state index in [-0.39, 0.29) is 0 Å². The Morgan fingerprint density at radius 1 is 1.20 bits per heavy atom. The van der Waals surface area contributed by atoms with Crippen LogP contribution in [0.2, 0.25) is 0 Å². The van der Waals surface area contributed by atoms with Crippen LogP contribution in [0, 0.1) is 23.7 Å². The summed E-state index contributed by atoms with van der Waals surface area (Å²) in [6.07, 6.45) is 5.64. The first-order chi connectivity index (χ1) is 4.56. The van der Waals surface area contributed by atoms with Crippen molar-refractivity contribution in [2.75, 3.05) is 0 Å². The molecule has 0 unspecified atom stereocenters. The summed E-state index contributed by atoms with van der Waals surface area (Å²) in [5, 5.41) is 0. The molecule has 0 amide bonds. The van der Waals surface area contributed by atoms with Gasteiger partial charge in [-0.15, -0.1) is 0 Å². The first kappa shape index (κ1) is 6.69. The highest BCUT2D eigenvalue weighted by molar-refractivity contribution is 5.09. The second kappa shape index (κ2) is 1.60. The second-order valence-corrected chi connectivity index (χ2v) is 4.78. The summed E-state index contributed by atoms with van der Waals surface area (Å²) >= 11 is 0. The fourth-order valence-corrected chi connectivity index (χ4v) is 2.97. The maximum absolute atomic E-state index is 4.38. The van der Waals surface area contributed by atoms with Crippen LogP contribution in [0.15, 0.2) is 0 Å². The lowest BCUT2D eigenvalue weighted by Crippen LogP contribution is -2.26. The molecule has 0 aromatic heterocycles. The van der Waals surface area contributed by atoms with Gasteiger partial charge in [-0.3, -0.25) is 0 Å². The number of hydrogen-bond acceptors (Lipinski definition) is 0. The van der Waals surface area contributed by atoms with E-state index in [0.29, 0.717) is 10.8 Å². The predicted octanol–water partition coefficient (Wildman–Crippen LogP) is 3.04. The van der Waals surface area contributed by atoms with Crippen molar-refractivity contribution in [2.45, 2.75) is 39.5 Å². The van der Waals surface area contributed by atoms with Crippen LogP contribution >= 0.6 is 0 Å². The lowest BCUT2D eigenvalue weighted by molar-refractivity contribution is 0.183. The van der Waals surface area contributed by atoms with Crippen LogP contribution in [-0.4, -0.2) is 0 Å². The van der Waals surface area contributed by atoms with E-state index >= 15 is 0 Å². The number of rotatable bonds is 0. The molecule has 0 N–H and O–H groups in total. The monoisotopic (exact) mass is 137 g/mol. The van der Waals surface area contributed by atoms with Gasteiger partial charge in [0.05, 0.1) is 0 Å². The topological polar surface area (TPSA) is 0 Å². The van der Waals surface area contributed by atoms with Gasteiger partial charge in [0.25, 0.3) is 0 Å². The third-order valence-electron chi connectivity index (χ3n) is 4.33. The van der Waals surface area contributed by atoms with Crippen LogP contribution in [0.5, 0.6) is 0 Å². The Morgan fingerprint density at radius 3 is 1.80 bits per heavy atom. The molecule has 0 spiro atoms. The Morgan fingerprint density at radius 2 is 1.70 bits per heavy atom. The lowest BCUT2D eigenvalue weighted by Gasteiger charge is -2.34. The van der Waals surface area contributed by atoms with Crippen LogP contribution < -0.4 is 0 Å². The average molecular weight is 137 g/mol. The van der Waals surface area contributed by atoms with E-state index in [9.17, 15) is 0 Å². The zero-order valence-electron chi connectivity index (χ0n) is 7.11. The summed E-state index contributed by atoms with van der Waals surface area (Å²) in [6, 6.07) is 0. The van der Waals surface area contributed by atoms with Crippen molar-refractivity contribution >= 4 is 0 Å². The molecule has 2 rings (SSSR count). The zero-order chi connectivity index (χ0) is 7.41. The van der Waals surface area contributed by atoms with Gasteiger partial charge in [0.15, 0.2) is 0 Å². The Kier molecular flexibility index (Phi) is 1.07. The van der Waals surface area contributed by atoms with Crippen molar-refractivity contribution < 1.29 is 0 Å². The van der Waals surface area contributed by atoms with E-state index in [1.165, 1.54) is 25.7 Å². The standard InChI is InChI=1S/C10H17/c1-9(2)8-4-6-10(9,3)7-5-8/h8H,3-7H2,1-2H3/t8-,10+. The first-order valence-corrected chi connectivity index (χ1v) is 4.42. The maximum Gasteiger partial charge on any atom is -0.0243 e. The molecule has 2 fully saturated rings. The van der Waals surface area contributed by atoms with Gasteiger partial charge in [0.1, 0.15) is 0 Å². The third-order valence-corrected chi connectivity index (χ3v) is 4.33. The first-order valence-electron chi connectivity index (χ1n) is 4.42. The number of fused-ring (bicyclic) bond motifs is 2. The largest absolute Gasteiger partial charge is 0.0591 e. The third kappa shape index (κ3) is 0.538. The molecular weight excluding hydrogens is 120 g/mol. The fourth-order valence-electron chi connectivity index (χ4n) is 2.97. The molecule has 0 aromatic carbocycles. The molecule has 0 heterocycles. The summed E-state index contributed by atoms with van der Waals surface area (Å²) in [5.74, 6) is 0.991. The molecule has 2 aliphatic rings. The van der Waals surface area contributed by atoms with E-state index in [4.69, 9.17) is 0 Å². The molecule has 57 valence electrons. The Bertz CT molecular complexity index is 145. The average Bonchev–Trinajstić information content (AvgIpc) is 2.18. The molecule has 0 aliphatic heterocycles. The Labute approximate surface area is 64.0 Å². The minimum Gasteiger partial charge on any atom is -0.0591 e. The van der Waals surface area contributed by atoms with Gasteiger partial charge < -0.3 is 0 Å². The van der Waals surface area contributed by atoms with Crippen LogP contribution in [0.4, 0.5) is 0 Å². The van der Waals surface area contributed by atoms with E-state index in [2.05, 4.69) is 20.8 Å². The molecule has 0 heteroatoms. The quantitative estimate of drug-likeness (QED) is 0.481. The van der Waals surface area contributed by atoms with Crippen molar-refractivity contribution in [3.8, 4) is 0 Å². The molecule has 2 bridgehead atoms. The fraction of sp³-hybridized carbons (Fsp3) is 0.900. The summed E-state index contributed by atoms with van der Waals surface area (Å²) in [7, 11) is 0. The zero-order valence-corrected chi connectivity index (χ0v) is 7.11. The van der Waals surface area contributed by atoms with Gasteiger partial charge in [-0.2, -0.15) is 0 Å². The molecule has 0 aromatic rings. The molecule has 0 saturated heterocycles. The highest BCUT2D eigenvalue weighted by atomic mass is 14.6. The molecule has 10 heavy (non-hydrogen) atoms. The maximum atomic E-state index is 4.38. The minimum absolute atomic E-state index is 0.456. The van der Waals surface area contributed by atoms with Crippen LogP contribution in [0.3, 0.4) is 0 Å². The molecule has 0 atom stereocenters. The van der Waals surface area contributed by atoms with Crippen LogP contribution in [-0.2, 0) is 0 Å². The summed E-state index contributed by atoms with van der Waals surface area (Å²) in [5.41, 5.74) is 1.00. The van der Waals surface area contributed by atoms with E-state index in [1.807, 2.05) is 0 Å². The van der Waals surface area contributed by atoms with Crippen molar-refractivity contribution in [3.05, 3.63) is 6.92 Å².